The Morgan fingerprint density at radius 2 is 2.07 bits per heavy atom. The van der Waals surface area contributed by atoms with Crippen LogP contribution < -0.4 is 4.74 Å². The molecule has 1 amide bonds. The number of amides is 1. The second-order valence-electron chi connectivity index (χ2n) is 6.60. The fourth-order valence-corrected chi connectivity index (χ4v) is 3.45. The summed E-state index contributed by atoms with van der Waals surface area (Å²) in [6, 6.07) is 9.75. The van der Waals surface area contributed by atoms with Gasteiger partial charge in [0.1, 0.15) is 12.3 Å². The first kappa shape index (κ1) is 20.1. The molecule has 0 saturated heterocycles. The second-order valence-corrected chi connectivity index (χ2v) is 7.55. The van der Waals surface area contributed by atoms with Gasteiger partial charge >= 0.3 is 0 Å². The predicted molar refractivity (Wildman–Crippen MR) is 109 cm³/mol. The third-order valence-corrected chi connectivity index (χ3v) is 5.50. The van der Waals surface area contributed by atoms with E-state index in [1.54, 1.807) is 16.2 Å². The Morgan fingerprint density at radius 3 is 2.71 bits per heavy atom. The SMILES string of the molecule is CC[C@@H](Oc1ccc(C)c(C)c1)C(=O)N(CC)Cc1nc(-c2cccs2)no1. The molecule has 0 N–H and O–H groups in total. The van der Waals surface area contributed by atoms with E-state index in [1.165, 1.54) is 5.56 Å². The number of hydrogen-bond donors (Lipinski definition) is 0. The summed E-state index contributed by atoms with van der Waals surface area (Å²) in [4.78, 5) is 20.0. The first-order chi connectivity index (χ1) is 13.5. The molecular formula is C21H25N3O3S. The molecule has 0 spiro atoms. The molecule has 6 nitrogen and oxygen atoms in total. The average molecular weight is 400 g/mol. The van der Waals surface area contributed by atoms with Crippen LogP contribution in [0.4, 0.5) is 0 Å². The molecule has 28 heavy (non-hydrogen) atoms. The Hall–Kier alpha value is -2.67. The monoisotopic (exact) mass is 399 g/mol. The van der Waals surface area contributed by atoms with Crippen molar-refractivity contribution in [1.82, 2.24) is 15.0 Å². The number of ether oxygens (including phenoxy) is 1. The van der Waals surface area contributed by atoms with Gasteiger partial charge in [0.05, 0.1) is 4.88 Å². The average Bonchev–Trinajstić information content (AvgIpc) is 3.38. The van der Waals surface area contributed by atoms with Crippen LogP contribution >= 0.6 is 11.3 Å². The van der Waals surface area contributed by atoms with Crippen LogP contribution in [0.3, 0.4) is 0 Å². The zero-order valence-electron chi connectivity index (χ0n) is 16.6. The molecule has 0 unspecified atom stereocenters. The minimum Gasteiger partial charge on any atom is -0.481 e. The molecule has 1 aromatic carbocycles. The van der Waals surface area contributed by atoms with Crippen molar-refractivity contribution >= 4 is 17.2 Å². The highest BCUT2D eigenvalue weighted by Crippen LogP contribution is 2.22. The Kier molecular flexibility index (Phi) is 6.46. The predicted octanol–water partition coefficient (Wildman–Crippen LogP) is 4.62. The first-order valence-electron chi connectivity index (χ1n) is 9.41. The van der Waals surface area contributed by atoms with E-state index in [4.69, 9.17) is 9.26 Å². The molecule has 0 aliphatic heterocycles. The van der Waals surface area contributed by atoms with Crippen LogP contribution in [0.25, 0.3) is 10.7 Å². The molecular weight excluding hydrogens is 374 g/mol. The minimum absolute atomic E-state index is 0.0842. The topological polar surface area (TPSA) is 68.5 Å². The van der Waals surface area contributed by atoms with Crippen molar-refractivity contribution in [3.05, 3.63) is 52.7 Å². The van der Waals surface area contributed by atoms with E-state index in [0.29, 0.717) is 30.4 Å². The summed E-state index contributed by atoms with van der Waals surface area (Å²) in [6.07, 6.45) is 0.0220. The molecule has 1 atom stereocenters. The van der Waals surface area contributed by atoms with Crippen LogP contribution in [0.2, 0.25) is 0 Å². The van der Waals surface area contributed by atoms with Crippen molar-refractivity contribution in [3.63, 3.8) is 0 Å². The fraction of sp³-hybridized carbons (Fsp3) is 0.381. The zero-order valence-corrected chi connectivity index (χ0v) is 17.5. The van der Waals surface area contributed by atoms with E-state index >= 15 is 0 Å². The molecule has 3 aromatic rings. The van der Waals surface area contributed by atoms with Crippen molar-refractivity contribution in [1.29, 1.82) is 0 Å². The highest BCUT2D eigenvalue weighted by molar-refractivity contribution is 7.13. The van der Waals surface area contributed by atoms with Gasteiger partial charge in [-0.1, -0.05) is 24.2 Å². The number of carbonyl (C=O) groups is 1. The van der Waals surface area contributed by atoms with Gasteiger partial charge in [-0.3, -0.25) is 4.79 Å². The van der Waals surface area contributed by atoms with Gasteiger partial charge in [-0.25, -0.2) is 0 Å². The van der Waals surface area contributed by atoms with Crippen molar-refractivity contribution in [2.45, 2.75) is 46.8 Å². The molecule has 2 aromatic heterocycles. The Bertz CT molecular complexity index is 921. The Labute approximate surface area is 169 Å². The van der Waals surface area contributed by atoms with Gasteiger partial charge in [-0.05, 0) is 61.9 Å². The molecule has 0 aliphatic carbocycles. The van der Waals surface area contributed by atoms with Gasteiger partial charge in [0.25, 0.3) is 5.91 Å². The largest absolute Gasteiger partial charge is 0.481 e. The van der Waals surface area contributed by atoms with Crippen molar-refractivity contribution in [2.24, 2.45) is 0 Å². The summed E-state index contributed by atoms with van der Waals surface area (Å²) in [5.74, 6) is 1.59. The summed E-state index contributed by atoms with van der Waals surface area (Å²) in [7, 11) is 0. The van der Waals surface area contributed by atoms with Gasteiger partial charge in [0.2, 0.25) is 11.7 Å². The third kappa shape index (κ3) is 4.59. The summed E-state index contributed by atoms with van der Waals surface area (Å²) < 4.78 is 11.3. The highest BCUT2D eigenvalue weighted by atomic mass is 32.1. The number of carbonyl (C=O) groups excluding carboxylic acids is 1. The molecule has 0 bridgehead atoms. The number of rotatable bonds is 8. The lowest BCUT2D eigenvalue weighted by molar-refractivity contribution is -0.139. The Morgan fingerprint density at radius 1 is 1.25 bits per heavy atom. The summed E-state index contributed by atoms with van der Waals surface area (Å²) in [5.41, 5.74) is 2.33. The smallest absolute Gasteiger partial charge is 0.264 e. The number of thiophene rings is 1. The number of aryl methyl sites for hydroxylation is 2. The van der Waals surface area contributed by atoms with Gasteiger partial charge in [0.15, 0.2) is 6.10 Å². The minimum atomic E-state index is -0.554. The molecule has 0 saturated carbocycles. The first-order valence-corrected chi connectivity index (χ1v) is 10.3. The van der Waals surface area contributed by atoms with E-state index in [1.807, 2.05) is 56.5 Å². The van der Waals surface area contributed by atoms with Crippen molar-refractivity contribution < 1.29 is 14.1 Å². The molecule has 0 aliphatic rings. The number of likely N-dealkylation sites (N-methyl/N-ethyl adjacent to an activating group) is 1. The molecule has 3 rings (SSSR count). The van der Waals surface area contributed by atoms with Gasteiger partial charge in [-0.2, -0.15) is 4.98 Å². The van der Waals surface area contributed by atoms with Gasteiger partial charge in [-0.15, -0.1) is 11.3 Å². The molecule has 148 valence electrons. The van der Waals surface area contributed by atoms with Crippen LogP contribution in [0.1, 0.15) is 37.3 Å². The van der Waals surface area contributed by atoms with E-state index in [-0.39, 0.29) is 12.5 Å². The molecule has 0 radical (unpaired) electrons. The van der Waals surface area contributed by atoms with E-state index in [2.05, 4.69) is 17.1 Å². The lowest BCUT2D eigenvalue weighted by Gasteiger charge is -2.25. The van der Waals surface area contributed by atoms with Crippen LogP contribution in [-0.2, 0) is 11.3 Å². The quantitative estimate of drug-likeness (QED) is 0.553. The maximum atomic E-state index is 13.0. The van der Waals surface area contributed by atoms with Crippen LogP contribution in [0.5, 0.6) is 5.75 Å². The number of hydrogen-bond acceptors (Lipinski definition) is 6. The second kappa shape index (κ2) is 9.01. The highest BCUT2D eigenvalue weighted by Gasteiger charge is 2.25. The number of benzene rings is 1. The molecule has 7 heteroatoms. The van der Waals surface area contributed by atoms with Crippen LogP contribution in [0, 0.1) is 13.8 Å². The molecule has 0 fully saturated rings. The lowest BCUT2D eigenvalue weighted by atomic mass is 10.1. The number of nitrogens with zero attached hydrogens (tertiary/aromatic N) is 3. The zero-order chi connectivity index (χ0) is 20.1. The molecule has 2 heterocycles. The van der Waals surface area contributed by atoms with Gasteiger partial charge < -0.3 is 14.2 Å². The fourth-order valence-electron chi connectivity index (χ4n) is 2.80. The lowest BCUT2D eigenvalue weighted by Crippen LogP contribution is -2.41. The Balaban J connectivity index is 1.69. The summed E-state index contributed by atoms with van der Waals surface area (Å²) in [5, 5.41) is 5.97. The third-order valence-electron chi connectivity index (χ3n) is 4.63. The van der Waals surface area contributed by atoms with Crippen molar-refractivity contribution in [3.8, 4) is 16.5 Å². The van der Waals surface area contributed by atoms with E-state index < -0.39 is 6.10 Å². The van der Waals surface area contributed by atoms with Crippen LogP contribution in [-0.4, -0.2) is 33.6 Å². The standard InChI is InChI=1S/C21H25N3O3S/c1-5-17(26-16-10-9-14(3)15(4)12-16)21(25)24(6-2)13-19-22-20(23-27-19)18-8-7-11-28-18/h7-12,17H,5-6,13H2,1-4H3/t17-/m1/s1. The number of aromatic nitrogens is 2. The summed E-state index contributed by atoms with van der Waals surface area (Å²) >= 11 is 1.55. The van der Waals surface area contributed by atoms with Gasteiger partial charge in [0, 0.05) is 6.54 Å². The summed E-state index contributed by atoms with van der Waals surface area (Å²) in [6.45, 7) is 8.75. The maximum Gasteiger partial charge on any atom is 0.264 e. The maximum absolute atomic E-state index is 13.0. The van der Waals surface area contributed by atoms with Crippen LogP contribution in [0.15, 0.2) is 40.2 Å². The van der Waals surface area contributed by atoms with E-state index in [9.17, 15) is 4.79 Å². The van der Waals surface area contributed by atoms with Crippen molar-refractivity contribution in [2.75, 3.05) is 6.54 Å². The van der Waals surface area contributed by atoms with E-state index in [0.717, 1.165) is 10.4 Å². The normalized spacial score (nSPS) is 12.0.